The van der Waals surface area contributed by atoms with Gasteiger partial charge in [0.1, 0.15) is 34.1 Å². The molecule has 1 saturated carbocycles. The zero-order valence-corrected chi connectivity index (χ0v) is 19.2. The molecule has 0 saturated heterocycles. The molecule has 0 radical (unpaired) electrons. The summed E-state index contributed by atoms with van der Waals surface area (Å²) in [5.74, 6) is 0.443. The Labute approximate surface area is 194 Å². The number of ether oxygens (including phenoxy) is 1. The number of nitriles is 1. The lowest BCUT2D eigenvalue weighted by Gasteiger charge is -2.29. The minimum absolute atomic E-state index is 0.0512. The van der Waals surface area contributed by atoms with Gasteiger partial charge in [-0.2, -0.15) is 23.2 Å². The second-order valence-electron chi connectivity index (χ2n) is 8.00. The summed E-state index contributed by atoms with van der Waals surface area (Å²) in [6, 6.07) is 3.92. The van der Waals surface area contributed by atoms with Gasteiger partial charge in [-0.1, -0.05) is 0 Å². The van der Waals surface area contributed by atoms with Crippen LogP contribution in [0.4, 0.5) is 13.2 Å². The van der Waals surface area contributed by atoms with Gasteiger partial charge in [-0.25, -0.2) is 13.4 Å². The van der Waals surface area contributed by atoms with Crippen molar-refractivity contribution in [3.05, 3.63) is 36.2 Å². The maximum absolute atomic E-state index is 13.1. The molecule has 0 aliphatic heterocycles. The molecule has 12 heteroatoms. The van der Waals surface area contributed by atoms with Gasteiger partial charge in [0, 0.05) is 17.6 Å². The maximum atomic E-state index is 13.1. The van der Waals surface area contributed by atoms with E-state index in [1.807, 2.05) is 0 Å². The first-order chi connectivity index (χ1) is 16.1. The van der Waals surface area contributed by atoms with Crippen LogP contribution >= 0.6 is 0 Å². The van der Waals surface area contributed by atoms with Gasteiger partial charge in [-0.05, 0) is 51.3 Å². The first kappa shape index (κ1) is 24.0. The summed E-state index contributed by atoms with van der Waals surface area (Å²) in [6.07, 6.45) is 0.608. The molecular weight excluding hydrogens is 471 g/mol. The van der Waals surface area contributed by atoms with E-state index in [-0.39, 0.29) is 23.0 Å². The standard InChI is InChI=1S/C22H22F3N5O3S/c1-3-33-15-10-16-17(11-26)20(30(14-6-4-7-14)21(16)28-12-15)19-18(8-5-9-27-19)34(31,32)29-13(2)22(23,24)25/h5,8-10,12-14,29H,3-4,6-7H2,1-2H3/t13-/m0/s1. The van der Waals surface area contributed by atoms with Crippen LogP contribution in [-0.2, 0) is 10.0 Å². The molecule has 0 aromatic carbocycles. The van der Waals surface area contributed by atoms with E-state index < -0.39 is 27.1 Å². The van der Waals surface area contributed by atoms with Crippen LogP contribution in [0.1, 0.15) is 44.7 Å². The van der Waals surface area contributed by atoms with Crippen LogP contribution in [0.2, 0.25) is 0 Å². The minimum atomic E-state index is -4.77. The van der Waals surface area contributed by atoms with Gasteiger partial charge in [-0.15, -0.1) is 0 Å². The van der Waals surface area contributed by atoms with Crippen LogP contribution in [0.25, 0.3) is 22.4 Å². The van der Waals surface area contributed by atoms with Crippen molar-refractivity contribution in [3.63, 3.8) is 0 Å². The number of fused-ring (bicyclic) bond motifs is 1. The number of rotatable bonds is 7. The van der Waals surface area contributed by atoms with E-state index >= 15 is 0 Å². The normalized spacial score (nSPS) is 15.6. The fraction of sp³-hybridized carbons (Fsp3) is 0.409. The maximum Gasteiger partial charge on any atom is 0.404 e. The third kappa shape index (κ3) is 4.21. The number of hydrogen-bond acceptors (Lipinski definition) is 6. The summed E-state index contributed by atoms with van der Waals surface area (Å²) in [5.41, 5.74) is 0.702. The van der Waals surface area contributed by atoms with E-state index in [1.165, 1.54) is 24.5 Å². The molecule has 3 aromatic rings. The fourth-order valence-corrected chi connectivity index (χ4v) is 5.30. The topological polar surface area (TPSA) is 110 Å². The first-order valence-corrected chi connectivity index (χ1v) is 12.2. The average molecular weight is 494 g/mol. The number of aromatic nitrogens is 3. The van der Waals surface area contributed by atoms with Gasteiger partial charge in [0.15, 0.2) is 0 Å². The molecule has 8 nitrogen and oxygen atoms in total. The Morgan fingerprint density at radius 3 is 2.68 bits per heavy atom. The predicted octanol–water partition coefficient (Wildman–Crippen LogP) is 4.32. The summed E-state index contributed by atoms with van der Waals surface area (Å²) in [6.45, 7) is 2.91. The molecule has 1 N–H and O–H groups in total. The van der Waals surface area contributed by atoms with E-state index in [9.17, 15) is 26.9 Å². The molecule has 1 fully saturated rings. The molecule has 4 rings (SSSR count). The number of nitrogens with one attached hydrogen (secondary N) is 1. The number of pyridine rings is 2. The SMILES string of the molecule is CCOc1cnc2c(c1)c(C#N)c(-c1ncccc1S(=O)(=O)N[C@@H](C)C(F)(F)F)n2C1CCC1. The van der Waals surface area contributed by atoms with Crippen molar-refractivity contribution in [2.24, 2.45) is 0 Å². The van der Waals surface area contributed by atoms with Crippen LogP contribution < -0.4 is 9.46 Å². The summed E-state index contributed by atoms with van der Waals surface area (Å²) in [4.78, 5) is 8.24. The Kier molecular flexibility index (Phi) is 6.26. The van der Waals surface area contributed by atoms with Crippen molar-refractivity contribution < 1.29 is 26.3 Å². The first-order valence-electron chi connectivity index (χ1n) is 10.7. The zero-order chi connectivity index (χ0) is 24.7. The molecular formula is C22H22F3N5O3S. The Balaban J connectivity index is 1.97. The highest BCUT2D eigenvalue weighted by Crippen LogP contribution is 2.43. The van der Waals surface area contributed by atoms with E-state index in [2.05, 4.69) is 16.0 Å². The number of sulfonamides is 1. The van der Waals surface area contributed by atoms with Gasteiger partial charge >= 0.3 is 6.18 Å². The van der Waals surface area contributed by atoms with Crippen molar-refractivity contribution in [2.75, 3.05) is 6.61 Å². The van der Waals surface area contributed by atoms with Gasteiger partial charge in [0.2, 0.25) is 10.0 Å². The fourth-order valence-electron chi connectivity index (χ4n) is 3.91. The Morgan fingerprint density at radius 2 is 2.09 bits per heavy atom. The highest BCUT2D eigenvalue weighted by atomic mass is 32.2. The van der Waals surface area contributed by atoms with Crippen LogP contribution in [0.3, 0.4) is 0 Å². The molecule has 3 aromatic heterocycles. The Bertz CT molecular complexity index is 1370. The highest BCUT2D eigenvalue weighted by Gasteiger charge is 2.40. The second-order valence-corrected chi connectivity index (χ2v) is 9.68. The van der Waals surface area contributed by atoms with Crippen LogP contribution in [-0.4, -0.2) is 41.8 Å². The summed E-state index contributed by atoms with van der Waals surface area (Å²) < 4.78 is 74.3. The van der Waals surface area contributed by atoms with Crippen molar-refractivity contribution in [3.8, 4) is 23.2 Å². The van der Waals surface area contributed by atoms with E-state index in [1.54, 1.807) is 22.3 Å². The number of hydrogen-bond donors (Lipinski definition) is 1. The van der Waals surface area contributed by atoms with Crippen molar-refractivity contribution >= 4 is 21.1 Å². The summed E-state index contributed by atoms with van der Waals surface area (Å²) >= 11 is 0. The van der Waals surface area contributed by atoms with Crippen molar-refractivity contribution in [1.29, 1.82) is 5.26 Å². The number of halogens is 3. The molecule has 0 amide bonds. The minimum Gasteiger partial charge on any atom is -0.492 e. The summed E-state index contributed by atoms with van der Waals surface area (Å²) in [7, 11) is -4.63. The monoisotopic (exact) mass is 493 g/mol. The van der Waals surface area contributed by atoms with Crippen LogP contribution in [0.15, 0.2) is 35.5 Å². The third-order valence-electron chi connectivity index (χ3n) is 5.79. The molecule has 0 spiro atoms. The lowest BCUT2D eigenvalue weighted by molar-refractivity contribution is -0.147. The molecule has 180 valence electrons. The smallest absolute Gasteiger partial charge is 0.404 e. The second kappa shape index (κ2) is 8.88. The van der Waals surface area contributed by atoms with Crippen molar-refractivity contribution in [2.45, 2.75) is 56.3 Å². The Hall–Kier alpha value is -3.17. The molecule has 1 aliphatic carbocycles. The molecule has 1 atom stereocenters. The predicted molar refractivity (Wildman–Crippen MR) is 118 cm³/mol. The van der Waals surface area contributed by atoms with Gasteiger partial charge < -0.3 is 9.30 Å². The summed E-state index contributed by atoms with van der Waals surface area (Å²) in [5, 5.41) is 10.5. The molecule has 3 heterocycles. The number of alkyl halides is 3. The third-order valence-corrected chi connectivity index (χ3v) is 7.36. The van der Waals surface area contributed by atoms with Gasteiger partial charge in [-0.3, -0.25) is 4.98 Å². The van der Waals surface area contributed by atoms with E-state index in [4.69, 9.17) is 4.74 Å². The molecule has 34 heavy (non-hydrogen) atoms. The van der Waals surface area contributed by atoms with Gasteiger partial charge in [0.05, 0.1) is 24.1 Å². The lowest BCUT2D eigenvalue weighted by Crippen LogP contribution is -2.43. The number of nitrogens with zero attached hydrogens (tertiary/aromatic N) is 4. The Morgan fingerprint density at radius 1 is 1.35 bits per heavy atom. The van der Waals surface area contributed by atoms with Crippen molar-refractivity contribution in [1.82, 2.24) is 19.3 Å². The molecule has 0 bridgehead atoms. The van der Waals surface area contributed by atoms with Gasteiger partial charge in [0.25, 0.3) is 0 Å². The van der Waals surface area contributed by atoms with Crippen LogP contribution in [0, 0.1) is 11.3 Å². The molecule has 0 unspecified atom stereocenters. The largest absolute Gasteiger partial charge is 0.492 e. The quantitative estimate of drug-likeness (QED) is 0.525. The average Bonchev–Trinajstić information content (AvgIpc) is 3.05. The van der Waals surface area contributed by atoms with Crippen LogP contribution in [0.5, 0.6) is 5.75 Å². The highest BCUT2D eigenvalue weighted by molar-refractivity contribution is 7.89. The van der Waals surface area contributed by atoms with E-state index in [0.29, 0.717) is 23.4 Å². The molecule has 1 aliphatic rings. The lowest BCUT2D eigenvalue weighted by atomic mass is 9.92. The van der Waals surface area contributed by atoms with E-state index in [0.717, 1.165) is 26.2 Å². The zero-order valence-electron chi connectivity index (χ0n) is 18.4.